The summed E-state index contributed by atoms with van der Waals surface area (Å²) in [6.07, 6.45) is 5.36. The fraction of sp³-hybridized carbons (Fsp3) is 0.833. The number of nitrogens with zero attached hydrogens (tertiary/aromatic N) is 2. The standard InChI is InChI=1S/C12H18N2O2/c13-9-12(5-1-2-6-12)11(16)14(7-8-15)10-3-4-10/h10,15H,1-8H2. The number of carbonyl (C=O) groups excluding carboxylic acids is 1. The maximum atomic E-state index is 12.4. The lowest BCUT2D eigenvalue weighted by molar-refractivity contribution is -0.140. The zero-order chi connectivity index (χ0) is 11.6. The Labute approximate surface area is 95.9 Å². The van der Waals surface area contributed by atoms with Crippen LogP contribution in [-0.2, 0) is 4.79 Å². The summed E-state index contributed by atoms with van der Waals surface area (Å²) < 4.78 is 0. The number of rotatable bonds is 4. The van der Waals surface area contributed by atoms with Gasteiger partial charge in [0.05, 0.1) is 12.7 Å². The van der Waals surface area contributed by atoms with E-state index in [0.29, 0.717) is 19.4 Å². The molecule has 2 aliphatic carbocycles. The number of hydrogen-bond acceptors (Lipinski definition) is 3. The van der Waals surface area contributed by atoms with Gasteiger partial charge < -0.3 is 10.0 Å². The van der Waals surface area contributed by atoms with Crippen LogP contribution in [0.4, 0.5) is 0 Å². The molecular weight excluding hydrogens is 204 g/mol. The van der Waals surface area contributed by atoms with Gasteiger partial charge in [0.1, 0.15) is 5.41 Å². The first-order valence-electron chi connectivity index (χ1n) is 6.07. The summed E-state index contributed by atoms with van der Waals surface area (Å²) in [7, 11) is 0. The summed E-state index contributed by atoms with van der Waals surface area (Å²) in [6.45, 7) is 0.372. The molecule has 0 atom stereocenters. The van der Waals surface area contributed by atoms with Gasteiger partial charge in [0.2, 0.25) is 5.91 Å². The van der Waals surface area contributed by atoms with E-state index in [4.69, 9.17) is 5.11 Å². The topological polar surface area (TPSA) is 64.3 Å². The lowest BCUT2D eigenvalue weighted by atomic mass is 9.86. The highest BCUT2D eigenvalue weighted by atomic mass is 16.3. The van der Waals surface area contributed by atoms with Crippen molar-refractivity contribution in [2.75, 3.05) is 13.2 Å². The minimum Gasteiger partial charge on any atom is -0.395 e. The highest BCUT2D eigenvalue weighted by Crippen LogP contribution is 2.41. The summed E-state index contributed by atoms with van der Waals surface area (Å²) in [5.74, 6) is -0.0379. The molecule has 0 heterocycles. The lowest BCUT2D eigenvalue weighted by Crippen LogP contribution is -2.44. The van der Waals surface area contributed by atoms with E-state index in [2.05, 4.69) is 6.07 Å². The molecule has 2 saturated carbocycles. The van der Waals surface area contributed by atoms with Crippen LogP contribution in [0.1, 0.15) is 38.5 Å². The van der Waals surface area contributed by atoms with Gasteiger partial charge in [-0.2, -0.15) is 5.26 Å². The van der Waals surface area contributed by atoms with Crippen molar-refractivity contribution in [3.8, 4) is 6.07 Å². The number of amides is 1. The molecule has 16 heavy (non-hydrogen) atoms. The van der Waals surface area contributed by atoms with E-state index < -0.39 is 5.41 Å². The number of nitriles is 1. The van der Waals surface area contributed by atoms with E-state index in [9.17, 15) is 10.1 Å². The molecule has 2 rings (SSSR count). The first-order chi connectivity index (χ1) is 7.73. The first-order valence-corrected chi connectivity index (χ1v) is 6.07. The number of carbonyl (C=O) groups is 1. The fourth-order valence-electron chi connectivity index (χ4n) is 2.57. The van der Waals surface area contributed by atoms with Crippen molar-refractivity contribution < 1.29 is 9.90 Å². The van der Waals surface area contributed by atoms with Crippen molar-refractivity contribution in [1.82, 2.24) is 4.90 Å². The third-order valence-corrected chi connectivity index (χ3v) is 3.67. The number of aliphatic hydroxyl groups is 1. The average Bonchev–Trinajstić information content (AvgIpc) is 3.02. The molecule has 0 radical (unpaired) electrons. The van der Waals surface area contributed by atoms with Crippen LogP contribution in [0, 0.1) is 16.7 Å². The predicted octanol–water partition coefficient (Wildman–Crippen LogP) is 1.05. The molecule has 0 aromatic carbocycles. The van der Waals surface area contributed by atoms with Crippen LogP contribution in [0.5, 0.6) is 0 Å². The largest absolute Gasteiger partial charge is 0.395 e. The van der Waals surface area contributed by atoms with Crippen LogP contribution in [0.15, 0.2) is 0 Å². The van der Waals surface area contributed by atoms with Gasteiger partial charge in [-0.25, -0.2) is 0 Å². The molecule has 0 aromatic rings. The molecule has 0 aliphatic heterocycles. The van der Waals surface area contributed by atoms with Gasteiger partial charge in [-0.1, -0.05) is 12.8 Å². The normalized spacial score (nSPS) is 22.8. The molecule has 2 aliphatic rings. The molecule has 2 fully saturated rings. The molecule has 1 N–H and O–H groups in total. The average molecular weight is 222 g/mol. The summed E-state index contributed by atoms with van der Waals surface area (Å²) >= 11 is 0. The van der Waals surface area contributed by atoms with E-state index in [-0.39, 0.29) is 18.6 Å². The second-order valence-corrected chi connectivity index (χ2v) is 4.85. The fourth-order valence-corrected chi connectivity index (χ4v) is 2.57. The van der Waals surface area contributed by atoms with Gasteiger partial charge in [0, 0.05) is 12.6 Å². The third kappa shape index (κ3) is 1.92. The van der Waals surface area contributed by atoms with Crippen LogP contribution in [0.25, 0.3) is 0 Å². The van der Waals surface area contributed by atoms with Crippen molar-refractivity contribution in [2.24, 2.45) is 5.41 Å². The van der Waals surface area contributed by atoms with E-state index in [0.717, 1.165) is 25.7 Å². The molecule has 88 valence electrons. The van der Waals surface area contributed by atoms with Crippen LogP contribution < -0.4 is 0 Å². The smallest absolute Gasteiger partial charge is 0.243 e. The Balaban J connectivity index is 2.11. The molecular formula is C12H18N2O2. The maximum Gasteiger partial charge on any atom is 0.243 e. The van der Waals surface area contributed by atoms with Crippen LogP contribution in [0.3, 0.4) is 0 Å². The number of hydrogen-bond donors (Lipinski definition) is 1. The summed E-state index contributed by atoms with van der Waals surface area (Å²) in [5, 5.41) is 18.2. The van der Waals surface area contributed by atoms with Crippen molar-refractivity contribution in [2.45, 2.75) is 44.6 Å². The van der Waals surface area contributed by atoms with Crippen molar-refractivity contribution in [1.29, 1.82) is 5.26 Å². The molecule has 1 amide bonds. The Hall–Kier alpha value is -1.08. The Kier molecular flexibility index (Phi) is 3.15. The van der Waals surface area contributed by atoms with E-state index >= 15 is 0 Å². The van der Waals surface area contributed by atoms with E-state index in [1.807, 2.05) is 0 Å². The first kappa shape index (κ1) is 11.4. The molecule has 0 saturated heterocycles. The van der Waals surface area contributed by atoms with Crippen LogP contribution in [0.2, 0.25) is 0 Å². The van der Waals surface area contributed by atoms with Crippen molar-refractivity contribution in [3.05, 3.63) is 0 Å². The number of aliphatic hydroxyl groups excluding tert-OH is 1. The summed E-state index contributed by atoms with van der Waals surface area (Å²) in [6, 6.07) is 2.51. The van der Waals surface area contributed by atoms with Gasteiger partial charge in [0.15, 0.2) is 0 Å². The summed E-state index contributed by atoms with van der Waals surface area (Å²) in [5.41, 5.74) is -0.780. The Morgan fingerprint density at radius 2 is 2.06 bits per heavy atom. The van der Waals surface area contributed by atoms with Crippen molar-refractivity contribution >= 4 is 5.91 Å². The van der Waals surface area contributed by atoms with Crippen molar-refractivity contribution in [3.63, 3.8) is 0 Å². The van der Waals surface area contributed by atoms with Crippen LogP contribution >= 0.6 is 0 Å². The monoisotopic (exact) mass is 222 g/mol. The summed E-state index contributed by atoms with van der Waals surface area (Å²) in [4.78, 5) is 14.1. The minimum absolute atomic E-state index is 0.0102. The molecule has 0 spiro atoms. The van der Waals surface area contributed by atoms with Gasteiger partial charge in [-0.3, -0.25) is 4.79 Å². The Bertz CT molecular complexity index is 311. The zero-order valence-corrected chi connectivity index (χ0v) is 9.48. The SMILES string of the molecule is N#CC1(C(=O)N(CCO)C2CC2)CCCC1. The highest BCUT2D eigenvalue weighted by Gasteiger charge is 2.46. The minimum atomic E-state index is -0.780. The van der Waals surface area contributed by atoms with Crippen LogP contribution in [-0.4, -0.2) is 35.1 Å². The molecule has 0 unspecified atom stereocenters. The highest BCUT2D eigenvalue weighted by molar-refractivity contribution is 5.86. The third-order valence-electron chi connectivity index (χ3n) is 3.67. The predicted molar refractivity (Wildman–Crippen MR) is 58.3 cm³/mol. The van der Waals surface area contributed by atoms with Gasteiger partial charge in [0.25, 0.3) is 0 Å². The quantitative estimate of drug-likeness (QED) is 0.773. The second kappa shape index (κ2) is 4.42. The Morgan fingerprint density at radius 1 is 1.44 bits per heavy atom. The lowest BCUT2D eigenvalue weighted by Gasteiger charge is -2.29. The van der Waals surface area contributed by atoms with Gasteiger partial charge in [-0.05, 0) is 25.7 Å². The zero-order valence-electron chi connectivity index (χ0n) is 9.48. The van der Waals surface area contributed by atoms with E-state index in [1.165, 1.54) is 0 Å². The molecule has 4 heteroatoms. The van der Waals surface area contributed by atoms with Gasteiger partial charge >= 0.3 is 0 Å². The van der Waals surface area contributed by atoms with E-state index in [1.54, 1.807) is 4.90 Å². The molecule has 0 bridgehead atoms. The molecule has 0 aromatic heterocycles. The second-order valence-electron chi connectivity index (χ2n) is 4.85. The van der Waals surface area contributed by atoms with Gasteiger partial charge in [-0.15, -0.1) is 0 Å². The molecule has 4 nitrogen and oxygen atoms in total. The maximum absolute atomic E-state index is 12.4. The Morgan fingerprint density at radius 3 is 2.50 bits per heavy atom.